The quantitative estimate of drug-likeness (QED) is 0.829. The average Bonchev–Trinajstić information content (AvgIpc) is 2.41. The van der Waals surface area contributed by atoms with Crippen molar-refractivity contribution < 1.29 is 18.3 Å². The summed E-state index contributed by atoms with van der Waals surface area (Å²) >= 11 is 11.7. The zero-order chi connectivity index (χ0) is 14.9. The lowest BCUT2D eigenvalue weighted by atomic mass is 10.0. The Balaban J connectivity index is 2.35. The van der Waals surface area contributed by atoms with E-state index in [9.17, 15) is 18.3 Å². The van der Waals surface area contributed by atoms with Gasteiger partial charge in [-0.15, -0.1) is 0 Å². The fourth-order valence-corrected chi connectivity index (χ4v) is 4.43. The van der Waals surface area contributed by atoms with Gasteiger partial charge in [0.2, 0.25) is 10.0 Å². The molecule has 1 aliphatic rings. The average molecular weight is 337 g/mol. The topological polar surface area (TPSA) is 77.5 Å². The lowest BCUT2D eigenvalue weighted by Crippen LogP contribution is -2.46. The van der Waals surface area contributed by atoms with Crippen molar-refractivity contribution in [3.05, 3.63) is 28.2 Å². The number of carboxylic acids is 1. The molecule has 1 saturated heterocycles. The van der Waals surface area contributed by atoms with Gasteiger partial charge >= 0.3 is 0 Å². The first-order valence-electron chi connectivity index (χ1n) is 5.98. The monoisotopic (exact) mass is 336 g/mol. The lowest BCUT2D eigenvalue weighted by Gasteiger charge is -2.32. The fraction of sp³-hybridized carbons (Fsp3) is 0.417. The van der Waals surface area contributed by atoms with Gasteiger partial charge in [0.05, 0.1) is 5.02 Å². The van der Waals surface area contributed by atoms with Crippen LogP contribution in [0.3, 0.4) is 0 Å². The highest BCUT2D eigenvalue weighted by Crippen LogP contribution is 2.30. The van der Waals surface area contributed by atoms with Gasteiger partial charge in [-0.05, 0) is 31.0 Å². The molecule has 5 nitrogen and oxygen atoms in total. The van der Waals surface area contributed by atoms with Crippen LogP contribution in [0.5, 0.6) is 0 Å². The number of carboxylic acid groups (broad SMARTS) is 1. The third kappa shape index (κ3) is 3.09. The fourth-order valence-electron chi connectivity index (χ4n) is 2.17. The molecule has 1 aromatic rings. The molecule has 0 bridgehead atoms. The molecule has 1 fully saturated rings. The first-order chi connectivity index (χ1) is 9.32. The Morgan fingerprint density at radius 1 is 1.35 bits per heavy atom. The van der Waals surface area contributed by atoms with Crippen LogP contribution >= 0.6 is 23.2 Å². The summed E-state index contributed by atoms with van der Waals surface area (Å²) in [5, 5.41) is 11.2. The number of sulfonamides is 1. The highest BCUT2D eigenvalue weighted by molar-refractivity contribution is 7.89. The smallest absolute Gasteiger partial charge is 0.244 e. The van der Waals surface area contributed by atoms with Crippen LogP contribution < -0.4 is 5.11 Å². The predicted octanol–water partition coefficient (Wildman–Crippen LogP) is 1.14. The molecule has 0 unspecified atom stereocenters. The van der Waals surface area contributed by atoms with Crippen molar-refractivity contribution in [2.45, 2.75) is 17.7 Å². The molecule has 0 saturated carbocycles. The van der Waals surface area contributed by atoms with Crippen LogP contribution in [0.2, 0.25) is 10.0 Å². The number of hydrogen-bond acceptors (Lipinski definition) is 4. The van der Waals surface area contributed by atoms with E-state index in [0.717, 1.165) is 4.31 Å². The molecule has 1 atom stereocenters. The third-order valence-electron chi connectivity index (χ3n) is 3.23. The summed E-state index contributed by atoms with van der Waals surface area (Å²) in [6, 6.07) is 4.15. The molecular weight excluding hydrogens is 325 g/mol. The lowest BCUT2D eigenvalue weighted by molar-refractivity contribution is -0.312. The van der Waals surface area contributed by atoms with Crippen LogP contribution in [0, 0.1) is 5.92 Å². The van der Waals surface area contributed by atoms with Crippen molar-refractivity contribution in [2.24, 2.45) is 5.92 Å². The summed E-state index contributed by atoms with van der Waals surface area (Å²) in [6.07, 6.45) is 0.883. The van der Waals surface area contributed by atoms with E-state index >= 15 is 0 Å². The molecule has 1 heterocycles. The number of carbonyl (C=O) groups excluding carboxylic acids is 1. The number of benzene rings is 1. The minimum atomic E-state index is -3.86. The normalized spacial score (nSPS) is 20.8. The summed E-state index contributed by atoms with van der Waals surface area (Å²) in [7, 11) is -3.86. The maximum Gasteiger partial charge on any atom is 0.244 e. The van der Waals surface area contributed by atoms with E-state index in [1.54, 1.807) is 0 Å². The van der Waals surface area contributed by atoms with E-state index in [-0.39, 0.29) is 28.0 Å². The van der Waals surface area contributed by atoms with E-state index in [1.165, 1.54) is 18.2 Å². The number of nitrogens with zero attached hydrogens (tertiary/aromatic N) is 1. The number of aliphatic carboxylic acids is 1. The van der Waals surface area contributed by atoms with Crippen LogP contribution in [0.4, 0.5) is 0 Å². The molecule has 0 aliphatic carbocycles. The number of hydrogen-bond donors (Lipinski definition) is 0. The van der Waals surface area contributed by atoms with Crippen LogP contribution in [0.1, 0.15) is 12.8 Å². The van der Waals surface area contributed by atoms with E-state index in [4.69, 9.17) is 23.2 Å². The zero-order valence-electron chi connectivity index (χ0n) is 10.4. The van der Waals surface area contributed by atoms with Crippen molar-refractivity contribution in [1.29, 1.82) is 0 Å². The second kappa shape index (κ2) is 5.89. The molecule has 20 heavy (non-hydrogen) atoms. The van der Waals surface area contributed by atoms with Gasteiger partial charge in [-0.3, -0.25) is 0 Å². The molecule has 110 valence electrons. The van der Waals surface area contributed by atoms with Crippen LogP contribution in [0.15, 0.2) is 23.1 Å². The SMILES string of the molecule is O=C([O-])[C@@H]1CCCN(S(=O)(=O)c2cc(Cl)ccc2Cl)C1. The summed E-state index contributed by atoms with van der Waals surface area (Å²) in [5.41, 5.74) is 0. The van der Waals surface area contributed by atoms with Crippen molar-refractivity contribution in [3.8, 4) is 0 Å². The van der Waals surface area contributed by atoms with Gasteiger partial charge in [-0.2, -0.15) is 4.31 Å². The highest BCUT2D eigenvalue weighted by atomic mass is 35.5. The van der Waals surface area contributed by atoms with Gasteiger partial charge in [0, 0.05) is 30.0 Å². The summed E-state index contributed by atoms with van der Waals surface area (Å²) < 4.78 is 26.1. The van der Waals surface area contributed by atoms with Crippen LogP contribution in [-0.2, 0) is 14.8 Å². The summed E-state index contributed by atoms with van der Waals surface area (Å²) in [4.78, 5) is 10.8. The van der Waals surface area contributed by atoms with Crippen molar-refractivity contribution >= 4 is 39.2 Å². The minimum absolute atomic E-state index is 0.0602. The predicted molar refractivity (Wildman–Crippen MR) is 73.0 cm³/mol. The largest absolute Gasteiger partial charge is 0.550 e. The van der Waals surface area contributed by atoms with Gasteiger partial charge in [0.1, 0.15) is 4.90 Å². The van der Waals surface area contributed by atoms with Gasteiger partial charge in [0.25, 0.3) is 0 Å². The second-order valence-electron chi connectivity index (χ2n) is 4.60. The Kier molecular flexibility index (Phi) is 4.59. The summed E-state index contributed by atoms with van der Waals surface area (Å²) in [5.74, 6) is -2.03. The molecule has 0 spiro atoms. The number of rotatable bonds is 3. The van der Waals surface area contributed by atoms with E-state index < -0.39 is 21.9 Å². The standard InChI is InChI=1S/C12H13Cl2NO4S/c13-9-3-4-10(14)11(6-9)20(18,19)15-5-1-2-8(7-15)12(16)17/h3-4,6,8H,1-2,5,7H2,(H,16,17)/p-1/t8-/m1/s1. The molecule has 8 heteroatoms. The first kappa shape index (κ1) is 15.6. The maximum absolute atomic E-state index is 12.5. The van der Waals surface area contributed by atoms with Crippen molar-refractivity contribution in [2.75, 3.05) is 13.1 Å². The Morgan fingerprint density at radius 3 is 2.70 bits per heavy atom. The first-order valence-corrected chi connectivity index (χ1v) is 8.18. The molecule has 1 aromatic carbocycles. The number of halogens is 2. The molecule has 0 radical (unpaired) electrons. The molecule has 0 aromatic heterocycles. The second-order valence-corrected chi connectivity index (χ2v) is 7.35. The molecule has 0 N–H and O–H groups in total. The van der Waals surface area contributed by atoms with Gasteiger partial charge < -0.3 is 9.90 Å². The maximum atomic E-state index is 12.5. The zero-order valence-corrected chi connectivity index (χ0v) is 12.7. The van der Waals surface area contributed by atoms with E-state index in [2.05, 4.69) is 0 Å². The van der Waals surface area contributed by atoms with Gasteiger partial charge in [0.15, 0.2) is 0 Å². The summed E-state index contributed by atoms with van der Waals surface area (Å²) in [6.45, 7) is 0.155. The molecule has 1 aliphatic heterocycles. The Bertz CT molecular complexity index is 632. The molecule has 0 amide bonds. The molecule has 2 rings (SSSR count). The van der Waals surface area contributed by atoms with Crippen LogP contribution in [-0.4, -0.2) is 31.8 Å². The highest BCUT2D eigenvalue weighted by Gasteiger charge is 2.32. The van der Waals surface area contributed by atoms with Crippen molar-refractivity contribution in [3.63, 3.8) is 0 Å². The number of piperidine rings is 1. The Morgan fingerprint density at radius 2 is 2.05 bits per heavy atom. The third-order valence-corrected chi connectivity index (χ3v) is 5.81. The van der Waals surface area contributed by atoms with Crippen LogP contribution in [0.25, 0.3) is 0 Å². The molecular formula is C12H12Cl2NO4S-. The minimum Gasteiger partial charge on any atom is -0.550 e. The Hall–Kier alpha value is -0.820. The van der Waals surface area contributed by atoms with E-state index in [0.29, 0.717) is 12.8 Å². The van der Waals surface area contributed by atoms with Crippen molar-refractivity contribution in [1.82, 2.24) is 4.31 Å². The van der Waals surface area contributed by atoms with Gasteiger partial charge in [-0.25, -0.2) is 8.42 Å². The van der Waals surface area contributed by atoms with Gasteiger partial charge in [-0.1, -0.05) is 23.2 Å². The Labute approximate surface area is 127 Å². The number of carbonyl (C=O) groups is 1. The van der Waals surface area contributed by atoms with E-state index in [1.807, 2.05) is 0 Å².